The maximum absolute atomic E-state index is 11.1. The van der Waals surface area contributed by atoms with Gasteiger partial charge in [0.1, 0.15) is 8.07 Å². The highest BCUT2D eigenvalue weighted by Gasteiger charge is 2.23. The van der Waals surface area contributed by atoms with Gasteiger partial charge in [0.25, 0.3) is 0 Å². The number of amides is 1. The summed E-state index contributed by atoms with van der Waals surface area (Å²) in [6.07, 6.45) is 1.71. The first-order valence-electron chi connectivity index (χ1n) is 4.18. The van der Waals surface area contributed by atoms with Crippen molar-refractivity contribution in [3.05, 3.63) is 23.9 Å². The van der Waals surface area contributed by atoms with Gasteiger partial charge in [-0.05, 0) is 12.1 Å². The van der Waals surface area contributed by atoms with Crippen LogP contribution in [0.3, 0.4) is 0 Å². The molecule has 1 aromatic heterocycles. The summed E-state index contributed by atoms with van der Waals surface area (Å²) >= 11 is 0. The van der Waals surface area contributed by atoms with Gasteiger partial charge in [-0.3, -0.25) is 9.78 Å². The lowest BCUT2D eigenvalue weighted by Crippen LogP contribution is -2.44. The molecule has 0 aliphatic heterocycles. The van der Waals surface area contributed by atoms with Crippen molar-refractivity contribution in [1.29, 1.82) is 0 Å². The van der Waals surface area contributed by atoms with Crippen molar-refractivity contribution in [3.8, 4) is 0 Å². The number of carbonyl (C=O) groups is 1. The summed E-state index contributed by atoms with van der Waals surface area (Å²) in [5, 5.41) is 0.891. The van der Waals surface area contributed by atoms with Gasteiger partial charge in [-0.25, -0.2) is 0 Å². The Balaban J connectivity index is 3.28. The van der Waals surface area contributed by atoms with Crippen LogP contribution in [0.1, 0.15) is 10.4 Å². The van der Waals surface area contributed by atoms with Crippen LogP contribution < -0.4 is 11.1 Å². The minimum absolute atomic E-state index is 0.384. The van der Waals surface area contributed by atoms with E-state index in [4.69, 9.17) is 5.73 Å². The van der Waals surface area contributed by atoms with E-state index in [2.05, 4.69) is 24.6 Å². The Hall–Kier alpha value is -1.16. The molecule has 1 heterocycles. The van der Waals surface area contributed by atoms with Crippen LogP contribution in [0.2, 0.25) is 19.6 Å². The first kappa shape index (κ1) is 9.92. The average Bonchev–Trinajstić information content (AvgIpc) is 2.03. The SMILES string of the molecule is C[Si](C)(C)c1ncccc1C(N)=O. The summed E-state index contributed by atoms with van der Waals surface area (Å²) in [7, 11) is -1.55. The molecular weight excluding hydrogens is 180 g/mol. The second kappa shape index (κ2) is 3.30. The third-order valence-corrected chi connectivity index (χ3v) is 3.60. The molecule has 13 heavy (non-hydrogen) atoms. The Labute approximate surface area is 79.0 Å². The third-order valence-electron chi connectivity index (χ3n) is 1.78. The first-order valence-corrected chi connectivity index (χ1v) is 7.68. The third kappa shape index (κ3) is 2.15. The topological polar surface area (TPSA) is 56.0 Å². The van der Waals surface area contributed by atoms with Crippen molar-refractivity contribution < 1.29 is 4.79 Å². The molecule has 0 fully saturated rings. The van der Waals surface area contributed by atoms with E-state index in [-0.39, 0.29) is 5.91 Å². The predicted molar refractivity (Wildman–Crippen MR) is 55.7 cm³/mol. The number of rotatable bonds is 2. The molecule has 0 bridgehead atoms. The Kier molecular flexibility index (Phi) is 2.52. The molecule has 0 unspecified atom stereocenters. The fourth-order valence-corrected chi connectivity index (χ4v) is 2.68. The van der Waals surface area contributed by atoms with Crippen molar-refractivity contribution in [2.24, 2.45) is 5.73 Å². The quantitative estimate of drug-likeness (QED) is 0.705. The molecule has 0 aliphatic carbocycles. The minimum atomic E-state index is -1.55. The average molecular weight is 194 g/mol. The van der Waals surface area contributed by atoms with Gasteiger partial charge in [-0.15, -0.1) is 0 Å². The highest BCUT2D eigenvalue weighted by Crippen LogP contribution is 2.04. The highest BCUT2D eigenvalue weighted by molar-refractivity contribution is 6.88. The lowest BCUT2D eigenvalue weighted by Gasteiger charge is -2.17. The van der Waals surface area contributed by atoms with Crippen LogP contribution in [-0.4, -0.2) is 19.0 Å². The van der Waals surface area contributed by atoms with Gasteiger partial charge >= 0.3 is 0 Å². The number of primary amides is 1. The van der Waals surface area contributed by atoms with Crippen LogP contribution in [-0.2, 0) is 0 Å². The van der Waals surface area contributed by atoms with Crippen LogP contribution in [0.25, 0.3) is 0 Å². The van der Waals surface area contributed by atoms with Crippen LogP contribution in [0.15, 0.2) is 18.3 Å². The Morgan fingerprint density at radius 3 is 2.46 bits per heavy atom. The molecule has 0 radical (unpaired) electrons. The molecule has 2 N–H and O–H groups in total. The second-order valence-corrected chi connectivity index (χ2v) is 8.99. The van der Waals surface area contributed by atoms with E-state index in [9.17, 15) is 4.79 Å². The maximum Gasteiger partial charge on any atom is 0.250 e. The maximum atomic E-state index is 11.1. The number of carbonyl (C=O) groups excluding carboxylic acids is 1. The molecule has 70 valence electrons. The molecule has 3 nitrogen and oxygen atoms in total. The standard InChI is InChI=1S/C9H14N2OSi/c1-13(2,3)9-7(8(10)12)5-4-6-11-9/h4-6H,1-3H3,(H2,10,12). The number of pyridine rings is 1. The van der Waals surface area contributed by atoms with Crippen molar-refractivity contribution in [2.75, 3.05) is 0 Å². The van der Waals surface area contributed by atoms with Gasteiger partial charge in [0.05, 0.1) is 5.56 Å². The van der Waals surface area contributed by atoms with E-state index >= 15 is 0 Å². The Bertz CT molecular complexity index is 331. The summed E-state index contributed by atoms with van der Waals surface area (Å²) in [6, 6.07) is 3.48. The fraction of sp³-hybridized carbons (Fsp3) is 0.333. The van der Waals surface area contributed by atoms with Crippen LogP contribution in [0.4, 0.5) is 0 Å². The van der Waals surface area contributed by atoms with Crippen molar-refractivity contribution in [3.63, 3.8) is 0 Å². The lowest BCUT2D eigenvalue weighted by molar-refractivity contribution is 0.100. The molecule has 0 saturated carbocycles. The summed E-state index contributed by atoms with van der Waals surface area (Å²) in [4.78, 5) is 15.3. The largest absolute Gasteiger partial charge is 0.366 e. The zero-order valence-corrected chi connectivity index (χ0v) is 9.16. The number of nitrogens with zero attached hydrogens (tertiary/aromatic N) is 1. The molecule has 0 aliphatic rings. The minimum Gasteiger partial charge on any atom is -0.366 e. The molecule has 0 aromatic carbocycles. The molecule has 1 amide bonds. The predicted octanol–water partition coefficient (Wildman–Crippen LogP) is 0.726. The number of hydrogen-bond acceptors (Lipinski definition) is 2. The number of nitrogens with two attached hydrogens (primary N) is 1. The van der Waals surface area contributed by atoms with E-state index in [1.54, 1.807) is 18.3 Å². The van der Waals surface area contributed by atoms with Gasteiger partial charge in [-0.2, -0.15) is 0 Å². The molecule has 0 atom stereocenters. The van der Waals surface area contributed by atoms with Gasteiger partial charge in [0.15, 0.2) is 0 Å². The van der Waals surface area contributed by atoms with Crippen molar-refractivity contribution in [2.45, 2.75) is 19.6 Å². The second-order valence-electron chi connectivity index (χ2n) is 4.01. The van der Waals surface area contributed by atoms with Gasteiger partial charge in [0.2, 0.25) is 5.91 Å². The van der Waals surface area contributed by atoms with Crippen LogP contribution >= 0.6 is 0 Å². The van der Waals surface area contributed by atoms with E-state index in [1.807, 2.05) is 0 Å². The van der Waals surface area contributed by atoms with Gasteiger partial charge < -0.3 is 5.73 Å². The summed E-state index contributed by atoms with van der Waals surface area (Å²) < 4.78 is 0. The first-order chi connectivity index (χ1) is 5.93. The summed E-state index contributed by atoms with van der Waals surface area (Å²) in [6.45, 7) is 6.42. The van der Waals surface area contributed by atoms with Crippen molar-refractivity contribution >= 4 is 19.3 Å². The monoisotopic (exact) mass is 194 g/mol. The lowest BCUT2D eigenvalue weighted by atomic mass is 10.3. The number of hydrogen-bond donors (Lipinski definition) is 1. The smallest absolute Gasteiger partial charge is 0.250 e. The van der Waals surface area contributed by atoms with Gasteiger partial charge in [0, 0.05) is 11.5 Å². The molecule has 1 rings (SSSR count). The van der Waals surface area contributed by atoms with Crippen LogP contribution in [0, 0.1) is 0 Å². The fourth-order valence-electron chi connectivity index (χ4n) is 1.20. The zero-order valence-electron chi connectivity index (χ0n) is 8.16. The Morgan fingerprint density at radius 1 is 1.46 bits per heavy atom. The van der Waals surface area contributed by atoms with Crippen molar-refractivity contribution in [1.82, 2.24) is 4.98 Å². The summed E-state index contributed by atoms with van der Waals surface area (Å²) in [5.41, 5.74) is 5.83. The van der Waals surface area contributed by atoms with E-state index < -0.39 is 8.07 Å². The summed E-state index contributed by atoms with van der Waals surface area (Å²) in [5.74, 6) is -0.384. The Morgan fingerprint density at radius 2 is 2.08 bits per heavy atom. The zero-order chi connectivity index (χ0) is 10.1. The van der Waals surface area contributed by atoms with Crippen LogP contribution in [0.5, 0.6) is 0 Å². The van der Waals surface area contributed by atoms with E-state index in [0.29, 0.717) is 5.56 Å². The van der Waals surface area contributed by atoms with E-state index in [1.165, 1.54) is 0 Å². The van der Waals surface area contributed by atoms with E-state index in [0.717, 1.165) is 5.32 Å². The van der Waals surface area contributed by atoms with Gasteiger partial charge in [-0.1, -0.05) is 19.6 Å². The molecule has 0 saturated heterocycles. The molecular formula is C9H14N2OSi. The highest BCUT2D eigenvalue weighted by atomic mass is 28.3. The number of aromatic nitrogens is 1. The molecule has 4 heteroatoms. The molecule has 0 spiro atoms. The molecule has 1 aromatic rings. The normalized spacial score (nSPS) is 11.3.